The summed E-state index contributed by atoms with van der Waals surface area (Å²) < 4.78 is 24.9. The Morgan fingerprint density at radius 3 is 2.68 bits per heavy atom. The number of carbonyl (C=O) groups excluding carboxylic acids is 1. The summed E-state index contributed by atoms with van der Waals surface area (Å²) in [4.78, 5) is 23.4. The second kappa shape index (κ2) is 6.23. The lowest BCUT2D eigenvalue weighted by molar-refractivity contribution is -0.157. The van der Waals surface area contributed by atoms with E-state index in [4.69, 9.17) is 33.7 Å². The number of halogens is 3. The van der Waals surface area contributed by atoms with E-state index in [-0.39, 0.29) is 13.0 Å². The fourth-order valence-corrected chi connectivity index (χ4v) is 4.39. The predicted molar refractivity (Wildman–Crippen MR) is 87.8 cm³/mol. The van der Waals surface area contributed by atoms with Gasteiger partial charge < -0.3 is 20.3 Å². The first-order valence-corrected chi connectivity index (χ1v) is 8.57. The first-order chi connectivity index (χ1) is 11.7. The molecule has 0 aromatic carbocycles. The van der Waals surface area contributed by atoms with Crippen LogP contribution >= 0.6 is 23.2 Å². The van der Waals surface area contributed by atoms with Crippen molar-refractivity contribution in [3.63, 3.8) is 0 Å². The van der Waals surface area contributed by atoms with E-state index in [9.17, 15) is 19.1 Å². The smallest absolute Gasteiger partial charge is 0.344 e. The molecule has 0 radical (unpaired) electrons. The largest absolute Gasteiger partial charge is 0.480 e. The zero-order valence-electron chi connectivity index (χ0n) is 13.4. The topological polar surface area (TPSA) is 98.9 Å². The monoisotopic (exact) mass is 393 g/mol. The molecule has 0 aromatic rings. The first kappa shape index (κ1) is 18.6. The Kier molecular flexibility index (Phi) is 4.64. The fourth-order valence-electron chi connectivity index (χ4n) is 3.99. The molecule has 2 fully saturated rings. The van der Waals surface area contributed by atoms with Gasteiger partial charge in [-0.15, -0.1) is 0 Å². The number of fused-ring (bicyclic) bond motifs is 1. The molecular formula is C16H18Cl2FNO5. The Bertz CT molecular complexity index is 696. The minimum Gasteiger partial charge on any atom is -0.480 e. The number of nitrogens with two attached hydrogens (primary N) is 1. The van der Waals surface area contributed by atoms with Crippen LogP contribution in [0, 0.1) is 11.8 Å². The van der Waals surface area contributed by atoms with Gasteiger partial charge in [0.15, 0.2) is 0 Å². The Labute approximate surface area is 153 Å². The van der Waals surface area contributed by atoms with Gasteiger partial charge in [-0.1, -0.05) is 23.2 Å². The van der Waals surface area contributed by atoms with E-state index in [1.54, 1.807) is 6.08 Å². The number of aliphatic carboxylic acids is 1. The Morgan fingerprint density at radius 2 is 2.12 bits per heavy atom. The van der Waals surface area contributed by atoms with Gasteiger partial charge in [-0.25, -0.2) is 9.18 Å². The van der Waals surface area contributed by atoms with Gasteiger partial charge in [0.1, 0.15) is 5.54 Å². The third-order valence-corrected chi connectivity index (χ3v) is 6.22. The van der Waals surface area contributed by atoms with Crippen molar-refractivity contribution in [2.24, 2.45) is 17.6 Å². The summed E-state index contributed by atoms with van der Waals surface area (Å²) in [5.74, 6) is -4.46. The van der Waals surface area contributed by atoms with Crippen molar-refractivity contribution in [2.75, 3.05) is 13.7 Å². The maximum Gasteiger partial charge on any atom is 0.344 e. The maximum atomic E-state index is 14.8. The van der Waals surface area contributed by atoms with E-state index in [0.717, 1.165) is 12.7 Å². The van der Waals surface area contributed by atoms with Crippen molar-refractivity contribution in [1.82, 2.24) is 0 Å². The first-order valence-electron chi connectivity index (χ1n) is 7.82. The van der Waals surface area contributed by atoms with Gasteiger partial charge in [0.05, 0.1) is 24.9 Å². The van der Waals surface area contributed by atoms with Crippen LogP contribution in [-0.4, -0.2) is 48.1 Å². The van der Waals surface area contributed by atoms with Gasteiger partial charge in [0, 0.05) is 16.9 Å². The lowest BCUT2D eigenvalue weighted by atomic mass is 9.88. The average molecular weight is 394 g/mol. The molecule has 5 atom stereocenters. The minimum atomic E-state index is -2.36. The molecule has 9 heteroatoms. The number of hydrogen-bond donors (Lipinski definition) is 2. The molecule has 0 spiro atoms. The summed E-state index contributed by atoms with van der Waals surface area (Å²) in [5, 5.41) is 10.5. The summed E-state index contributed by atoms with van der Waals surface area (Å²) >= 11 is 11.9. The van der Waals surface area contributed by atoms with Crippen molar-refractivity contribution in [3.8, 4) is 0 Å². The molecule has 2 saturated carbocycles. The number of carboxylic acids is 1. The van der Waals surface area contributed by atoms with Crippen LogP contribution in [-0.2, 0) is 19.1 Å². The van der Waals surface area contributed by atoms with Crippen LogP contribution in [0.2, 0.25) is 0 Å². The zero-order valence-corrected chi connectivity index (χ0v) is 14.9. The van der Waals surface area contributed by atoms with E-state index in [2.05, 4.69) is 4.74 Å². The van der Waals surface area contributed by atoms with E-state index in [1.165, 1.54) is 0 Å². The van der Waals surface area contributed by atoms with Gasteiger partial charge >= 0.3 is 11.9 Å². The molecule has 3 aliphatic carbocycles. The van der Waals surface area contributed by atoms with E-state index < -0.39 is 41.1 Å². The number of methoxy groups -OCH3 is 1. The molecule has 3 N–H and O–H groups in total. The molecule has 6 nitrogen and oxygen atoms in total. The van der Waals surface area contributed by atoms with E-state index in [1.807, 2.05) is 0 Å². The van der Waals surface area contributed by atoms with Crippen LogP contribution in [0.5, 0.6) is 0 Å². The van der Waals surface area contributed by atoms with Crippen molar-refractivity contribution >= 4 is 35.1 Å². The highest BCUT2D eigenvalue weighted by atomic mass is 35.5. The third-order valence-electron chi connectivity index (χ3n) is 5.40. The Morgan fingerprint density at radius 1 is 1.44 bits per heavy atom. The van der Waals surface area contributed by atoms with Crippen LogP contribution < -0.4 is 5.73 Å². The summed E-state index contributed by atoms with van der Waals surface area (Å²) in [7, 11) is 1.06. The Hall–Kier alpha value is -1.15. The highest BCUT2D eigenvalue weighted by molar-refractivity contribution is 6.40. The molecule has 138 valence electrons. The standard InChI is InChI=1S/C16H18Cl2FNO5/c1-24-14(23)15(19)8-5-11(16(20,12(8)15)13(21)22)25-6-7-2-3-9(17)10(18)4-7/h4,8,11-12H,2-3,5-6,20H2,1H3,(H,21,22)/t8-,11-,12?,15-,16+/m1/s1. The normalized spacial score (nSPS) is 39.7. The highest BCUT2D eigenvalue weighted by Crippen LogP contribution is 2.67. The van der Waals surface area contributed by atoms with Crippen molar-refractivity contribution < 1.29 is 28.6 Å². The molecule has 25 heavy (non-hydrogen) atoms. The van der Waals surface area contributed by atoms with Gasteiger partial charge in [-0.2, -0.15) is 0 Å². The third kappa shape index (κ3) is 2.68. The molecule has 0 aliphatic heterocycles. The predicted octanol–water partition coefficient (Wildman–Crippen LogP) is 2.09. The number of alkyl halides is 1. The van der Waals surface area contributed by atoms with Crippen LogP contribution in [0.4, 0.5) is 4.39 Å². The zero-order chi connectivity index (χ0) is 18.6. The molecule has 0 amide bonds. The number of hydrogen-bond acceptors (Lipinski definition) is 5. The van der Waals surface area contributed by atoms with Gasteiger partial charge in [-0.05, 0) is 30.9 Å². The SMILES string of the molecule is COC(=O)[C@]1(F)C2[C@H]1C[C@@H](OCC1=CC(Cl)=C(Cl)CC1)[C@@]2(N)C(=O)O. The van der Waals surface area contributed by atoms with Crippen LogP contribution in [0.15, 0.2) is 21.7 Å². The molecule has 0 bridgehead atoms. The van der Waals surface area contributed by atoms with Crippen molar-refractivity contribution in [3.05, 3.63) is 21.7 Å². The van der Waals surface area contributed by atoms with E-state index in [0.29, 0.717) is 22.9 Å². The fraction of sp³-hybridized carbons (Fsp3) is 0.625. The lowest BCUT2D eigenvalue weighted by Gasteiger charge is -2.32. The lowest BCUT2D eigenvalue weighted by Crippen LogP contribution is -2.60. The second-order valence-electron chi connectivity index (χ2n) is 6.67. The van der Waals surface area contributed by atoms with Crippen LogP contribution in [0.25, 0.3) is 0 Å². The summed E-state index contributed by atoms with van der Waals surface area (Å²) in [6.45, 7) is 0.119. The molecule has 0 aromatic heterocycles. The minimum absolute atomic E-state index is 0.0384. The Balaban J connectivity index is 1.73. The number of carboxylic acid groups (broad SMARTS) is 1. The highest BCUT2D eigenvalue weighted by Gasteiger charge is 2.85. The number of carbonyl (C=O) groups is 2. The summed E-state index contributed by atoms with van der Waals surface area (Å²) in [6, 6.07) is 0. The van der Waals surface area contributed by atoms with Crippen molar-refractivity contribution in [1.29, 1.82) is 0 Å². The molecule has 0 saturated heterocycles. The molecule has 1 unspecified atom stereocenters. The molecular weight excluding hydrogens is 376 g/mol. The van der Waals surface area contributed by atoms with Crippen LogP contribution in [0.3, 0.4) is 0 Å². The number of esters is 1. The summed E-state index contributed by atoms with van der Waals surface area (Å²) in [5.41, 5.74) is 2.52. The van der Waals surface area contributed by atoms with Crippen molar-refractivity contribution in [2.45, 2.75) is 36.6 Å². The number of allylic oxidation sites excluding steroid dienone is 3. The molecule has 0 heterocycles. The summed E-state index contributed by atoms with van der Waals surface area (Å²) in [6.07, 6.45) is 2.02. The van der Waals surface area contributed by atoms with Gasteiger partial charge in [0.25, 0.3) is 0 Å². The maximum absolute atomic E-state index is 14.8. The van der Waals surface area contributed by atoms with Gasteiger partial charge in [0.2, 0.25) is 5.67 Å². The molecule has 3 aliphatic rings. The average Bonchev–Trinajstić information content (AvgIpc) is 3.04. The second-order valence-corrected chi connectivity index (χ2v) is 7.54. The number of ether oxygens (including phenoxy) is 2. The van der Waals surface area contributed by atoms with Gasteiger partial charge in [-0.3, -0.25) is 4.79 Å². The quantitative estimate of drug-likeness (QED) is 0.693. The number of rotatable bonds is 5. The van der Waals surface area contributed by atoms with Crippen LogP contribution in [0.1, 0.15) is 19.3 Å². The molecule has 3 rings (SSSR count). The van der Waals surface area contributed by atoms with E-state index >= 15 is 0 Å².